The van der Waals surface area contributed by atoms with Crippen molar-refractivity contribution in [1.82, 2.24) is 9.88 Å². The van der Waals surface area contributed by atoms with Gasteiger partial charge in [-0.3, -0.25) is 4.79 Å². The summed E-state index contributed by atoms with van der Waals surface area (Å²) in [5.74, 6) is -2.22. The molecular weight excluding hydrogens is 513 g/mol. The van der Waals surface area contributed by atoms with Crippen LogP contribution >= 0.6 is 11.6 Å². The maximum atomic E-state index is 14.1. The number of pyridine rings is 1. The van der Waals surface area contributed by atoms with E-state index in [9.17, 15) is 18.0 Å². The molecule has 1 unspecified atom stereocenters. The van der Waals surface area contributed by atoms with Gasteiger partial charge in [0, 0.05) is 42.8 Å². The zero-order chi connectivity index (χ0) is 26.6. The highest BCUT2D eigenvalue weighted by Gasteiger charge is 2.34. The molecule has 1 aromatic heterocycles. The number of benzene rings is 3. The predicted molar refractivity (Wildman–Crippen MR) is 140 cm³/mol. The van der Waals surface area contributed by atoms with Crippen LogP contribution < -0.4 is 4.74 Å². The van der Waals surface area contributed by atoms with E-state index in [1.165, 1.54) is 24.4 Å². The van der Waals surface area contributed by atoms with Crippen LogP contribution in [0.1, 0.15) is 28.3 Å². The van der Waals surface area contributed by atoms with Gasteiger partial charge in [-0.25, -0.2) is 18.2 Å². The van der Waals surface area contributed by atoms with Gasteiger partial charge in [0.05, 0.1) is 11.6 Å². The number of halogens is 4. The summed E-state index contributed by atoms with van der Waals surface area (Å²) < 4.78 is 46.9. The fourth-order valence-electron chi connectivity index (χ4n) is 4.78. The van der Waals surface area contributed by atoms with E-state index in [0.29, 0.717) is 48.1 Å². The highest BCUT2D eigenvalue weighted by Crippen LogP contribution is 2.34. The fourth-order valence-corrected chi connectivity index (χ4v) is 4.89. The molecule has 194 valence electrons. The average molecular weight is 537 g/mol. The Balaban J connectivity index is 1.33. The third-order valence-corrected chi connectivity index (χ3v) is 7.09. The minimum Gasteiger partial charge on any atom is -0.477 e. The topological polar surface area (TPSA) is 42.4 Å². The van der Waals surface area contributed by atoms with Crippen LogP contribution in [0.5, 0.6) is 5.88 Å². The van der Waals surface area contributed by atoms with Gasteiger partial charge < -0.3 is 9.64 Å². The van der Waals surface area contributed by atoms with Crippen molar-refractivity contribution in [2.24, 2.45) is 5.92 Å². The summed E-state index contributed by atoms with van der Waals surface area (Å²) >= 11 is 5.90. The molecule has 0 radical (unpaired) electrons. The van der Waals surface area contributed by atoms with Crippen LogP contribution in [0.2, 0.25) is 5.02 Å². The summed E-state index contributed by atoms with van der Waals surface area (Å²) in [6, 6.07) is 20.5. The first kappa shape index (κ1) is 25.8. The lowest BCUT2D eigenvalue weighted by molar-refractivity contribution is 0.0614. The molecule has 0 spiro atoms. The van der Waals surface area contributed by atoms with E-state index < -0.39 is 11.6 Å². The Morgan fingerprint density at radius 2 is 1.63 bits per heavy atom. The van der Waals surface area contributed by atoms with E-state index in [2.05, 4.69) is 4.98 Å². The average Bonchev–Trinajstić information content (AvgIpc) is 2.94. The molecule has 2 heterocycles. The molecule has 8 heteroatoms. The molecule has 1 amide bonds. The highest BCUT2D eigenvalue weighted by molar-refractivity contribution is 6.30. The fraction of sp³-hybridized carbons (Fsp3) is 0.200. The van der Waals surface area contributed by atoms with E-state index in [4.69, 9.17) is 16.3 Å². The smallest absolute Gasteiger partial charge is 0.253 e. The first-order valence-electron chi connectivity index (χ1n) is 12.2. The van der Waals surface area contributed by atoms with E-state index in [-0.39, 0.29) is 23.6 Å². The Morgan fingerprint density at radius 1 is 0.921 bits per heavy atom. The van der Waals surface area contributed by atoms with Crippen molar-refractivity contribution < 1.29 is 22.7 Å². The lowest BCUT2D eigenvalue weighted by Gasteiger charge is -2.39. The second-order valence-electron chi connectivity index (χ2n) is 9.29. The number of rotatable bonds is 6. The van der Waals surface area contributed by atoms with Crippen molar-refractivity contribution >= 4 is 17.5 Å². The molecule has 1 saturated heterocycles. The summed E-state index contributed by atoms with van der Waals surface area (Å²) in [5.41, 5.74) is 2.83. The SMILES string of the molecule is O=C(c1ccc(-c2ccc(F)cc2)cc1)N1CCC(COc2ccc(Cl)cn2)[C@@H](c2ccc(F)c(F)c2)C1. The quantitative estimate of drug-likeness (QED) is 0.263. The van der Waals surface area contributed by atoms with E-state index in [0.717, 1.165) is 17.2 Å². The zero-order valence-electron chi connectivity index (χ0n) is 20.3. The van der Waals surface area contributed by atoms with E-state index in [1.54, 1.807) is 47.4 Å². The van der Waals surface area contributed by atoms with Crippen LogP contribution in [-0.4, -0.2) is 35.5 Å². The summed E-state index contributed by atoms with van der Waals surface area (Å²) in [6.07, 6.45) is 2.10. The standard InChI is InChI=1S/C30H24ClF3N2O2/c31-24-8-12-29(35-16-24)38-18-23-13-14-36(17-26(23)22-7-11-27(33)28(34)15-22)30(37)21-3-1-19(2-4-21)20-5-9-25(32)10-6-20/h1-12,15-16,23,26H,13-14,17-18H2/t23?,26-/m1/s1. The van der Waals surface area contributed by atoms with Gasteiger partial charge in [0.25, 0.3) is 5.91 Å². The Bertz CT molecular complexity index is 1410. The van der Waals surface area contributed by atoms with Gasteiger partial charge in [-0.05, 0) is 65.6 Å². The van der Waals surface area contributed by atoms with Gasteiger partial charge in [-0.2, -0.15) is 0 Å². The molecule has 0 bridgehead atoms. The largest absolute Gasteiger partial charge is 0.477 e. The highest BCUT2D eigenvalue weighted by atomic mass is 35.5. The molecule has 3 aromatic carbocycles. The minimum atomic E-state index is -0.929. The molecule has 0 aliphatic carbocycles. The molecule has 2 atom stereocenters. The normalized spacial score (nSPS) is 17.3. The van der Waals surface area contributed by atoms with Gasteiger partial charge in [0.1, 0.15) is 5.82 Å². The van der Waals surface area contributed by atoms with Crippen molar-refractivity contribution in [3.05, 3.63) is 119 Å². The molecule has 38 heavy (non-hydrogen) atoms. The lowest BCUT2D eigenvalue weighted by Crippen LogP contribution is -2.44. The van der Waals surface area contributed by atoms with Crippen LogP contribution in [0.15, 0.2) is 85.1 Å². The molecule has 4 nitrogen and oxygen atoms in total. The number of aromatic nitrogens is 1. The Kier molecular flexibility index (Phi) is 7.65. The molecule has 1 fully saturated rings. The summed E-state index contributed by atoms with van der Waals surface area (Å²) in [7, 11) is 0. The van der Waals surface area contributed by atoms with Gasteiger partial charge >= 0.3 is 0 Å². The van der Waals surface area contributed by atoms with Gasteiger partial charge in [-0.15, -0.1) is 0 Å². The number of hydrogen-bond donors (Lipinski definition) is 0. The number of nitrogens with zero attached hydrogens (tertiary/aromatic N) is 2. The number of ether oxygens (including phenoxy) is 1. The van der Waals surface area contributed by atoms with E-state index >= 15 is 0 Å². The number of likely N-dealkylation sites (tertiary alicyclic amines) is 1. The molecule has 1 aliphatic rings. The molecule has 4 aromatic rings. The first-order valence-corrected chi connectivity index (χ1v) is 12.6. The van der Waals surface area contributed by atoms with Crippen molar-refractivity contribution in [2.45, 2.75) is 12.3 Å². The van der Waals surface area contributed by atoms with Crippen molar-refractivity contribution in [3.63, 3.8) is 0 Å². The van der Waals surface area contributed by atoms with Crippen LogP contribution in [0.4, 0.5) is 13.2 Å². The molecule has 1 aliphatic heterocycles. The van der Waals surface area contributed by atoms with Crippen molar-refractivity contribution in [3.8, 4) is 17.0 Å². The van der Waals surface area contributed by atoms with Crippen LogP contribution in [0.3, 0.4) is 0 Å². The monoisotopic (exact) mass is 536 g/mol. The first-order chi connectivity index (χ1) is 18.4. The summed E-state index contributed by atoms with van der Waals surface area (Å²) in [5, 5.41) is 0.495. The number of piperidine rings is 1. The van der Waals surface area contributed by atoms with Gasteiger partial charge in [0.2, 0.25) is 5.88 Å². The van der Waals surface area contributed by atoms with Crippen molar-refractivity contribution in [1.29, 1.82) is 0 Å². The summed E-state index contributed by atoms with van der Waals surface area (Å²) in [4.78, 5) is 19.3. The molecular formula is C30H24ClF3N2O2. The summed E-state index contributed by atoms with van der Waals surface area (Å²) in [6.45, 7) is 1.11. The van der Waals surface area contributed by atoms with Crippen LogP contribution in [-0.2, 0) is 0 Å². The maximum Gasteiger partial charge on any atom is 0.253 e. The number of carbonyl (C=O) groups is 1. The molecule has 0 N–H and O–H groups in total. The molecule has 5 rings (SSSR count). The number of carbonyl (C=O) groups excluding carboxylic acids is 1. The van der Waals surface area contributed by atoms with E-state index in [1.807, 2.05) is 12.1 Å². The Hall–Kier alpha value is -3.84. The Morgan fingerprint density at radius 3 is 2.29 bits per heavy atom. The Labute approximate surface area is 223 Å². The zero-order valence-corrected chi connectivity index (χ0v) is 21.0. The second-order valence-corrected chi connectivity index (χ2v) is 9.73. The predicted octanol–water partition coefficient (Wildman–Crippen LogP) is 7.14. The lowest BCUT2D eigenvalue weighted by atomic mass is 9.81. The third kappa shape index (κ3) is 5.83. The maximum absolute atomic E-state index is 14.1. The minimum absolute atomic E-state index is 0.0535. The number of hydrogen-bond acceptors (Lipinski definition) is 3. The second kappa shape index (κ2) is 11.3. The van der Waals surface area contributed by atoms with Gasteiger partial charge in [-0.1, -0.05) is 41.9 Å². The van der Waals surface area contributed by atoms with Crippen LogP contribution in [0, 0.1) is 23.4 Å². The van der Waals surface area contributed by atoms with Crippen LogP contribution in [0.25, 0.3) is 11.1 Å². The third-order valence-electron chi connectivity index (χ3n) is 6.87. The number of amides is 1. The van der Waals surface area contributed by atoms with Gasteiger partial charge in [0.15, 0.2) is 11.6 Å². The van der Waals surface area contributed by atoms with Crippen molar-refractivity contribution in [2.75, 3.05) is 19.7 Å². The molecule has 0 saturated carbocycles.